The van der Waals surface area contributed by atoms with Crippen molar-refractivity contribution < 1.29 is 13.5 Å². The van der Waals surface area contributed by atoms with Gasteiger partial charge in [-0.3, -0.25) is 0 Å². The molecular weight excluding hydrogens is 201 g/mol. The molecule has 0 aliphatic rings. The molecule has 0 unspecified atom stereocenters. The number of hydrogen-bond donors (Lipinski definition) is 0. The number of rotatable bonds is 4. The third-order valence-corrected chi connectivity index (χ3v) is 1.62. The molecule has 5 nitrogen and oxygen atoms in total. The summed E-state index contributed by atoms with van der Waals surface area (Å²) in [5.41, 5.74) is 0. The molecule has 0 aromatic carbocycles. The lowest BCUT2D eigenvalue weighted by Gasteiger charge is -2.02. The van der Waals surface area contributed by atoms with Gasteiger partial charge in [0.15, 0.2) is 5.82 Å². The van der Waals surface area contributed by atoms with Gasteiger partial charge in [0.25, 0.3) is 5.88 Å². The molecule has 2 heterocycles. The standard InChI is InChI=1S/C9H7FN3O2/c10-7-2-1-4-11-9(7)14-5-3-8-13-12-6-15-8/h1,4,6H,3,5H2. The van der Waals surface area contributed by atoms with Crippen molar-refractivity contribution in [3.8, 4) is 5.88 Å². The number of ether oxygens (including phenoxy) is 1. The summed E-state index contributed by atoms with van der Waals surface area (Å²) >= 11 is 0. The minimum atomic E-state index is -0.608. The van der Waals surface area contributed by atoms with Crippen molar-refractivity contribution in [2.45, 2.75) is 6.42 Å². The van der Waals surface area contributed by atoms with Gasteiger partial charge in [0, 0.05) is 12.3 Å². The molecule has 6 heteroatoms. The first-order valence-electron chi connectivity index (χ1n) is 4.26. The van der Waals surface area contributed by atoms with Crippen molar-refractivity contribution in [3.05, 3.63) is 36.4 Å². The van der Waals surface area contributed by atoms with Crippen LogP contribution in [0, 0.1) is 11.9 Å². The second-order valence-corrected chi connectivity index (χ2v) is 2.64. The van der Waals surface area contributed by atoms with E-state index in [1.807, 2.05) is 0 Å². The van der Waals surface area contributed by atoms with Gasteiger partial charge in [0.05, 0.1) is 13.0 Å². The highest BCUT2D eigenvalue weighted by Crippen LogP contribution is 2.10. The molecule has 1 radical (unpaired) electrons. The molecule has 0 atom stereocenters. The molecule has 2 rings (SSSR count). The van der Waals surface area contributed by atoms with Crippen LogP contribution in [0.2, 0.25) is 0 Å². The van der Waals surface area contributed by atoms with E-state index in [-0.39, 0.29) is 12.5 Å². The molecule has 0 N–H and O–H groups in total. The van der Waals surface area contributed by atoms with E-state index in [4.69, 9.17) is 9.15 Å². The van der Waals surface area contributed by atoms with Crippen molar-refractivity contribution in [2.24, 2.45) is 0 Å². The summed E-state index contributed by atoms with van der Waals surface area (Å²) in [6, 6.07) is 3.71. The predicted octanol–water partition coefficient (Wildman–Crippen LogP) is 1.03. The monoisotopic (exact) mass is 208 g/mol. The summed E-state index contributed by atoms with van der Waals surface area (Å²) in [5, 5.41) is 7.15. The number of pyridine rings is 1. The van der Waals surface area contributed by atoms with E-state index in [1.165, 1.54) is 18.7 Å². The van der Waals surface area contributed by atoms with Gasteiger partial charge in [-0.25, -0.2) is 9.37 Å². The summed E-state index contributed by atoms with van der Waals surface area (Å²) in [5.74, 6) is -0.240. The molecule has 2 aromatic heterocycles. The third-order valence-electron chi connectivity index (χ3n) is 1.62. The summed E-state index contributed by atoms with van der Waals surface area (Å²) in [6.07, 6.45) is 3.05. The van der Waals surface area contributed by atoms with E-state index < -0.39 is 5.82 Å². The predicted molar refractivity (Wildman–Crippen MR) is 46.5 cm³/mol. The SMILES string of the molecule is Fc1[c]ccnc1OCCc1nnco1. The van der Waals surface area contributed by atoms with Crippen LogP contribution in [0.5, 0.6) is 5.88 Å². The van der Waals surface area contributed by atoms with Crippen LogP contribution in [0.25, 0.3) is 0 Å². The zero-order valence-electron chi connectivity index (χ0n) is 7.68. The maximum absolute atomic E-state index is 13.0. The van der Waals surface area contributed by atoms with E-state index in [2.05, 4.69) is 21.2 Å². The normalized spacial score (nSPS) is 10.2. The molecule has 0 aliphatic carbocycles. The highest BCUT2D eigenvalue weighted by atomic mass is 19.1. The molecule has 15 heavy (non-hydrogen) atoms. The molecule has 0 spiro atoms. The Balaban J connectivity index is 1.86. The van der Waals surface area contributed by atoms with Crippen LogP contribution >= 0.6 is 0 Å². The minimum Gasteiger partial charge on any atom is -0.475 e. The number of nitrogens with zero attached hydrogens (tertiary/aromatic N) is 3. The van der Waals surface area contributed by atoms with Crippen LogP contribution in [0.15, 0.2) is 23.1 Å². The average Bonchev–Trinajstić information content (AvgIpc) is 2.74. The Morgan fingerprint density at radius 3 is 3.20 bits per heavy atom. The molecular formula is C9H7FN3O2. The van der Waals surface area contributed by atoms with Crippen LogP contribution in [-0.4, -0.2) is 21.8 Å². The summed E-state index contributed by atoms with van der Waals surface area (Å²) in [6.45, 7) is 0.226. The molecule has 0 fully saturated rings. The Bertz CT molecular complexity index is 419. The van der Waals surface area contributed by atoms with Crippen LogP contribution in [0.4, 0.5) is 4.39 Å². The van der Waals surface area contributed by atoms with Gasteiger partial charge in [0.1, 0.15) is 0 Å². The Hall–Kier alpha value is -1.98. The Morgan fingerprint density at radius 2 is 2.47 bits per heavy atom. The van der Waals surface area contributed by atoms with Crippen molar-refractivity contribution in [2.75, 3.05) is 6.61 Å². The van der Waals surface area contributed by atoms with Crippen LogP contribution < -0.4 is 4.74 Å². The van der Waals surface area contributed by atoms with Gasteiger partial charge in [-0.05, 0) is 6.07 Å². The van der Waals surface area contributed by atoms with Gasteiger partial charge in [-0.15, -0.1) is 10.2 Å². The lowest BCUT2D eigenvalue weighted by atomic mass is 10.4. The van der Waals surface area contributed by atoms with E-state index >= 15 is 0 Å². The van der Waals surface area contributed by atoms with Gasteiger partial charge >= 0.3 is 0 Å². The first kappa shape index (κ1) is 9.57. The van der Waals surface area contributed by atoms with E-state index in [0.717, 1.165) is 0 Å². The fourth-order valence-electron chi connectivity index (χ4n) is 0.974. The van der Waals surface area contributed by atoms with E-state index in [0.29, 0.717) is 12.3 Å². The van der Waals surface area contributed by atoms with Gasteiger partial charge in [-0.1, -0.05) is 0 Å². The van der Waals surface area contributed by atoms with E-state index in [9.17, 15) is 4.39 Å². The summed E-state index contributed by atoms with van der Waals surface area (Å²) in [4.78, 5) is 3.70. The van der Waals surface area contributed by atoms with Crippen LogP contribution in [-0.2, 0) is 6.42 Å². The Kier molecular flexibility index (Phi) is 2.87. The Labute approximate surface area is 84.9 Å². The summed E-state index contributed by atoms with van der Waals surface area (Å²) < 4.78 is 22.9. The van der Waals surface area contributed by atoms with Crippen molar-refractivity contribution >= 4 is 0 Å². The lowest BCUT2D eigenvalue weighted by Crippen LogP contribution is -2.04. The molecule has 0 aliphatic heterocycles. The minimum absolute atomic E-state index is 0.0722. The summed E-state index contributed by atoms with van der Waals surface area (Å²) in [7, 11) is 0. The number of aromatic nitrogens is 3. The Morgan fingerprint density at radius 1 is 1.53 bits per heavy atom. The number of halogens is 1. The van der Waals surface area contributed by atoms with Crippen molar-refractivity contribution in [3.63, 3.8) is 0 Å². The molecule has 0 amide bonds. The molecule has 0 bridgehead atoms. The zero-order valence-corrected chi connectivity index (χ0v) is 7.68. The highest BCUT2D eigenvalue weighted by molar-refractivity contribution is 5.11. The molecule has 2 aromatic rings. The van der Waals surface area contributed by atoms with Gasteiger partial charge in [0.2, 0.25) is 12.3 Å². The molecule has 0 saturated heterocycles. The fourth-order valence-corrected chi connectivity index (χ4v) is 0.974. The van der Waals surface area contributed by atoms with Crippen LogP contribution in [0.1, 0.15) is 5.89 Å². The van der Waals surface area contributed by atoms with Crippen LogP contribution in [0.3, 0.4) is 0 Å². The second-order valence-electron chi connectivity index (χ2n) is 2.64. The smallest absolute Gasteiger partial charge is 0.251 e. The largest absolute Gasteiger partial charge is 0.475 e. The second kappa shape index (κ2) is 4.50. The maximum atomic E-state index is 13.0. The number of hydrogen-bond acceptors (Lipinski definition) is 5. The zero-order chi connectivity index (χ0) is 10.5. The first-order chi connectivity index (χ1) is 7.36. The van der Waals surface area contributed by atoms with Gasteiger partial charge < -0.3 is 9.15 Å². The highest BCUT2D eigenvalue weighted by Gasteiger charge is 2.04. The average molecular weight is 208 g/mol. The first-order valence-corrected chi connectivity index (χ1v) is 4.26. The van der Waals surface area contributed by atoms with Gasteiger partial charge in [-0.2, -0.15) is 0 Å². The van der Waals surface area contributed by atoms with E-state index in [1.54, 1.807) is 0 Å². The molecule has 77 valence electrons. The van der Waals surface area contributed by atoms with Crippen molar-refractivity contribution in [1.82, 2.24) is 15.2 Å². The molecule has 0 saturated carbocycles. The van der Waals surface area contributed by atoms with Crippen molar-refractivity contribution in [1.29, 1.82) is 0 Å². The topological polar surface area (TPSA) is 61.0 Å². The lowest BCUT2D eigenvalue weighted by molar-refractivity contribution is 0.280. The fraction of sp³-hybridized carbons (Fsp3) is 0.222. The third kappa shape index (κ3) is 2.49. The quantitative estimate of drug-likeness (QED) is 0.750. The maximum Gasteiger partial charge on any atom is 0.251 e.